The molecule has 4 nitrogen and oxygen atoms in total. The predicted molar refractivity (Wildman–Crippen MR) is 73.2 cm³/mol. The van der Waals surface area contributed by atoms with E-state index in [4.69, 9.17) is 0 Å². The lowest BCUT2D eigenvalue weighted by atomic mass is 10.0. The van der Waals surface area contributed by atoms with Gasteiger partial charge in [-0.2, -0.15) is 4.98 Å². The highest BCUT2D eigenvalue weighted by Gasteiger charge is 2.13. The summed E-state index contributed by atoms with van der Waals surface area (Å²) >= 11 is 3.47. The number of fused-ring (bicyclic) bond motifs is 1. The molecule has 2 aromatic heterocycles. The van der Waals surface area contributed by atoms with Gasteiger partial charge in [0, 0.05) is 12.2 Å². The van der Waals surface area contributed by atoms with Crippen molar-refractivity contribution in [1.29, 1.82) is 0 Å². The fourth-order valence-corrected chi connectivity index (χ4v) is 2.26. The van der Waals surface area contributed by atoms with E-state index in [2.05, 4.69) is 52.1 Å². The Kier molecular flexibility index (Phi) is 3.66. The van der Waals surface area contributed by atoms with E-state index in [9.17, 15) is 0 Å². The van der Waals surface area contributed by atoms with Gasteiger partial charge in [-0.15, -0.1) is 5.10 Å². The number of nitrogens with one attached hydrogen (secondary N) is 1. The van der Waals surface area contributed by atoms with E-state index in [0.717, 1.165) is 16.5 Å². The Balaban J connectivity index is 2.28. The molecule has 92 valence electrons. The van der Waals surface area contributed by atoms with Gasteiger partial charge in [0.2, 0.25) is 5.95 Å². The Morgan fingerprint density at radius 2 is 2.24 bits per heavy atom. The SMILES string of the molecule is CCC(Nc1nc2c(Br)cccn2n1)C(C)C. The van der Waals surface area contributed by atoms with Gasteiger partial charge in [-0.25, -0.2) is 4.52 Å². The number of anilines is 1. The number of hydrogen-bond acceptors (Lipinski definition) is 3. The topological polar surface area (TPSA) is 42.2 Å². The molecule has 0 aliphatic heterocycles. The van der Waals surface area contributed by atoms with Crippen LogP contribution in [0.1, 0.15) is 27.2 Å². The highest BCUT2D eigenvalue weighted by Crippen LogP contribution is 2.18. The lowest BCUT2D eigenvalue weighted by Gasteiger charge is -2.19. The monoisotopic (exact) mass is 296 g/mol. The van der Waals surface area contributed by atoms with E-state index in [0.29, 0.717) is 17.9 Å². The first-order chi connectivity index (χ1) is 8.11. The summed E-state index contributed by atoms with van der Waals surface area (Å²) in [5, 5.41) is 7.79. The molecule has 2 rings (SSSR count). The fourth-order valence-electron chi connectivity index (χ4n) is 1.84. The Morgan fingerprint density at radius 3 is 2.82 bits per heavy atom. The molecule has 0 radical (unpaired) electrons. The third kappa shape index (κ3) is 2.60. The minimum absolute atomic E-state index is 0.409. The van der Waals surface area contributed by atoms with Crippen molar-refractivity contribution in [2.75, 3.05) is 5.32 Å². The van der Waals surface area contributed by atoms with E-state index in [-0.39, 0.29) is 0 Å². The maximum absolute atomic E-state index is 4.48. The van der Waals surface area contributed by atoms with Crippen LogP contribution in [0.3, 0.4) is 0 Å². The van der Waals surface area contributed by atoms with Crippen molar-refractivity contribution in [2.45, 2.75) is 33.2 Å². The molecule has 0 amide bonds. The van der Waals surface area contributed by atoms with Crippen LogP contribution in [0.2, 0.25) is 0 Å². The van der Waals surface area contributed by atoms with Gasteiger partial charge in [0.1, 0.15) is 0 Å². The van der Waals surface area contributed by atoms with Gasteiger partial charge in [-0.05, 0) is 40.4 Å². The third-order valence-electron chi connectivity index (χ3n) is 2.87. The largest absolute Gasteiger partial charge is 0.350 e. The number of nitrogens with zero attached hydrogens (tertiary/aromatic N) is 3. The zero-order chi connectivity index (χ0) is 12.4. The molecule has 0 fully saturated rings. The van der Waals surface area contributed by atoms with Crippen molar-refractivity contribution in [3.8, 4) is 0 Å². The quantitative estimate of drug-likeness (QED) is 0.941. The minimum atomic E-state index is 0.409. The summed E-state index contributed by atoms with van der Waals surface area (Å²) in [6.07, 6.45) is 2.96. The third-order valence-corrected chi connectivity index (χ3v) is 3.49. The molecule has 2 aromatic rings. The molecule has 5 heteroatoms. The predicted octanol–water partition coefficient (Wildman–Crippen LogP) is 3.34. The first-order valence-corrected chi connectivity index (χ1v) is 6.68. The lowest BCUT2D eigenvalue weighted by Crippen LogP contribution is -2.25. The molecule has 0 saturated heterocycles. The number of hydrogen-bond donors (Lipinski definition) is 1. The van der Waals surface area contributed by atoms with Crippen LogP contribution in [0.25, 0.3) is 5.65 Å². The van der Waals surface area contributed by atoms with Gasteiger partial charge >= 0.3 is 0 Å². The summed E-state index contributed by atoms with van der Waals surface area (Å²) in [6.45, 7) is 6.57. The first-order valence-electron chi connectivity index (χ1n) is 5.89. The van der Waals surface area contributed by atoms with Crippen molar-refractivity contribution in [1.82, 2.24) is 14.6 Å². The van der Waals surface area contributed by atoms with E-state index in [1.165, 1.54) is 0 Å². The molecule has 0 aromatic carbocycles. The Morgan fingerprint density at radius 1 is 1.47 bits per heavy atom. The van der Waals surface area contributed by atoms with Crippen LogP contribution in [0.4, 0.5) is 5.95 Å². The van der Waals surface area contributed by atoms with Gasteiger partial charge in [0.25, 0.3) is 0 Å². The number of aromatic nitrogens is 3. The molecular weight excluding hydrogens is 280 g/mol. The molecule has 0 aliphatic rings. The summed E-state index contributed by atoms with van der Waals surface area (Å²) in [7, 11) is 0. The van der Waals surface area contributed by atoms with Crippen LogP contribution in [0.5, 0.6) is 0 Å². The fraction of sp³-hybridized carbons (Fsp3) is 0.500. The second-order valence-electron chi connectivity index (χ2n) is 4.46. The normalized spacial score (nSPS) is 13.2. The summed E-state index contributed by atoms with van der Waals surface area (Å²) in [6, 6.07) is 4.31. The molecule has 1 unspecified atom stereocenters. The van der Waals surface area contributed by atoms with Crippen LogP contribution >= 0.6 is 15.9 Å². The minimum Gasteiger partial charge on any atom is -0.350 e. The van der Waals surface area contributed by atoms with Crippen LogP contribution in [0, 0.1) is 5.92 Å². The van der Waals surface area contributed by atoms with Gasteiger partial charge in [-0.1, -0.05) is 20.8 Å². The molecular formula is C12H17BrN4. The molecule has 2 heterocycles. The maximum Gasteiger partial charge on any atom is 0.243 e. The summed E-state index contributed by atoms with van der Waals surface area (Å²) in [4.78, 5) is 4.48. The van der Waals surface area contributed by atoms with E-state index in [1.807, 2.05) is 18.3 Å². The second-order valence-corrected chi connectivity index (χ2v) is 5.32. The van der Waals surface area contributed by atoms with Gasteiger partial charge < -0.3 is 5.32 Å². The summed E-state index contributed by atoms with van der Waals surface area (Å²) in [5.74, 6) is 1.26. The van der Waals surface area contributed by atoms with E-state index < -0.39 is 0 Å². The molecule has 0 spiro atoms. The smallest absolute Gasteiger partial charge is 0.243 e. The molecule has 0 saturated carbocycles. The molecule has 0 bridgehead atoms. The van der Waals surface area contributed by atoms with Crippen molar-refractivity contribution in [2.24, 2.45) is 5.92 Å². The highest BCUT2D eigenvalue weighted by atomic mass is 79.9. The second kappa shape index (κ2) is 5.04. The lowest BCUT2D eigenvalue weighted by molar-refractivity contribution is 0.508. The summed E-state index contributed by atoms with van der Waals surface area (Å²) < 4.78 is 2.73. The maximum atomic E-state index is 4.48. The van der Waals surface area contributed by atoms with Gasteiger partial charge in [0.15, 0.2) is 5.65 Å². The molecule has 1 atom stereocenters. The van der Waals surface area contributed by atoms with E-state index in [1.54, 1.807) is 4.52 Å². The average molecular weight is 297 g/mol. The van der Waals surface area contributed by atoms with Gasteiger partial charge in [0.05, 0.1) is 4.47 Å². The van der Waals surface area contributed by atoms with Gasteiger partial charge in [-0.3, -0.25) is 0 Å². The number of rotatable bonds is 4. The number of halogens is 1. The van der Waals surface area contributed by atoms with Crippen molar-refractivity contribution >= 4 is 27.5 Å². The molecule has 17 heavy (non-hydrogen) atoms. The van der Waals surface area contributed by atoms with Crippen molar-refractivity contribution in [3.05, 3.63) is 22.8 Å². The van der Waals surface area contributed by atoms with Crippen molar-refractivity contribution in [3.63, 3.8) is 0 Å². The van der Waals surface area contributed by atoms with Crippen LogP contribution in [0.15, 0.2) is 22.8 Å². The Hall–Kier alpha value is -1.10. The summed E-state index contributed by atoms with van der Waals surface area (Å²) in [5.41, 5.74) is 0.841. The Labute approximate surface area is 110 Å². The van der Waals surface area contributed by atoms with Crippen LogP contribution < -0.4 is 5.32 Å². The average Bonchev–Trinajstić information content (AvgIpc) is 2.69. The standard InChI is InChI=1S/C12H17BrN4/c1-4-10(8(2)3)14-12-15-11-9(13)6-5-7-17(11)16-12/h5-8,10H,4H2,1-3H3,(H,14,16). The molecule has 1 N–H and O–H groups in total. The Bertz CT molecular complexity index is 506. The highest BCUT2D eigenvalue weighted by molar-refractivity contribution is 9.10. The first kappa shape index (κ1) is 12.4. The van der Waals surface area contributed by atoms with E-state index >= 15 is 0 Å². The zero-order valence-electron chi connectivity index (χ0n) is 10.3. The number of pyridine rings is 1. The molecule has 0 aliphatic carbocycles. The van der Waals surface area contributed by atoms with Crippen LogP contribution in [-0.4, -0.2) is 20.6 Å². The zero-order valence-corrected chi connectivity index (χ0v) is 11.9. The van der Waals surface area contributed by atoms with Crippen LogP contribution in [-0.2, 0) is 0 Å². The van der Waals surface area contributed by atoms with Crippen molar-refractivity contribution < 1.29 is 0 Å².